The first-order chi connectivity index (χ1) is 16.9. The third-order valence-corrected chi connectivity index (χ3v) is 6.40. The summed E-state index contributed by atoms with van der Waals surface area (Å²) in [6, 6.07) is 16.8. The van der Waals surface area contributed by atoms with Gasteiger partial charge in [0.25, 0.3) is 5.91 Å². The smallest absolute Gasteiger partial charge is 0.308 e. The lowest BCUT2D eigenvalue weighted by Gasteiger charge is -2.36. The molecule has 1 heterocycles. The number of aryl methyl sites for hydroxylation is 1. The van der Waals surface area contributed by atoms with E-state index in [1.165, 1.54) is 10.5 Å². The Morgan fingerprint density at radius 1 is 1.09 bits per heavy atom. The number of amides is 2. The van der Waals surface area contributed by atoms with Gasteiger partial charge >= 0.3 is 5.97 Å². The normalized spacial score (nSPS) is 17.3. The van der Waals surface area contributed by atoms with Crippen molar-refractivity contribution in [3.8, 4) is 5.75 Å². The van der Waals surface area contributed by atoms with E-state index in [0.717, 1.165) is 18.4 Å². The molecule has 1 saturated heterocycles. The molecular weight excluding hydrogens is 444 g/mol. The first-order valence-corrected chi connectivity index (χ1v) is 12.4. The molecule has 3 unspecified atom stereocenters. The van der Waals surface area contributed by atoms with Crippen molar-refractivity contribution in [3.63, 3.8) is 0 Å². The van der Waals surface area contributed by atoms with Crippen molar-refractivity contribution < 1.29 is 23.9 Å². The fourth-order valence-electron chi connectivity index (χ4n) is 4.19. The molecule has 3 rings (SSSR count). The summed E-state index contributed by atoms with van der Waals surface area (Å²) in [6.45, 7) is 6.82. The van der Waals surface area contributed by atoms with E-state index in [-0.39, 0.29) is 24.8 Å². The number of rotatable bonds is 11. The number of benzene rings is 2. The molecule has 7 heteroatoms. The van der Waals surface area contributed by atoms with E-state index in [9.17, 15) is 14.4 Å². The van der Waals surface area contributed by atoms with Crippen molar-refractivity contribution in [2.75, 3.05) is 19.7 Å². The number of carbonyl (C=O) groups excluding carboxylic acids is 3. The number of nitrogens with zero attached hydrogens (tertiary/aromatic N) is 1. The van der Waals surface area contributed by atoms with E-state index in [4.69, 9.17) is 9.47 Å². The van der Waals surface area contributed by atoms with Crippen LogP contribution in [0.3, 0.4) is 0 Å². The average molecular weight is 481 g/mol. The number of piperazine rings is 1. The van der Waals surface area contributed by atoms with Crippen LogP contribution in [0.25, 0.3) is 0 Å². The lowest BCUT2D eigenvalue weighted by molar-refractivity contribution is -0.154. The summed E-state index contributed by atoms with van der Waals surface area (Å²) >= 11 is 0. The first-order valence-electron chi connectivity index (χ1n) is 12.4. The van der Waals surface area contributed by atoms with Crippen LogP contribution in [-0.2, 0) is 25.5 Å². The van der Waals surface area contributed by atoms with E-state index < -0.39 is 18.1 Å². The average Bonchev–Trinajstić information content (AvgIpc) is 2.88. The van der Waals surface area contributed by atoms with Crippen LogP contribution in [0, 0.1) is 0 Å². The molecule has 0 aliphatic carbocycles. The predicted molar refractivity (Wildman–Crippen MR) is 134 cm³/mol. The fraction of sp³-hybridized carbons (Fsp3) is 0.464. The topological polar surface area (TPSA) is 84.9 Å². The largest absolute Gasteiger partial charge is 0.481 e. The molecule has 2 aromatic rings. The minimum atomic E-state index is -0.909. The Kier molecular flexibility index (Phi) is 9.70. The Morgan fingerprint density at radius 2 is 1.80 bits per heavy atom. The molecule has 0 aromatic heterocycles. The zero-order chi connectivity index (χ0) is 25.2. The van der Waals surface area contributed by atoms with Crippen LogP contribution in [0.5, 0.6) is 5.75 Å². The Bertz CT molecular complexity index is 994. The van der Waals surface area contributed by atoms with Gasteiger partial charge in [-0.3, -0.25) is 14.4 Å². The van der Waals surface area contributed by atoms with Crippen LogP contribution in [0.4, 0.5) is 0 Å². The molecule has 3 atom stereocenters. The molecule has 1 aliphatic heterocycles. The van der Waals surface area contributed by atoms with Crippen LogP contribution in [0.1, 0.15) is 57.1 Å². The van der Waals surface area contributed by atoms with Gasteiger partial charge in [0.1, 0.15) is 11.8 Å². The maximum Gasteiger partial charge on any atom is 0.308 e. The number of carbonyl (C=O) groups is 3. The molecule has 0 spiro atoms. The number of nitrogens with one attached hydrogen (secondary N) is 1. The van der Waals surface area contributed by atoms with Crippen LogP contribution in [-0.4, -0.2) is 54.5 Å². The van der Waals surface area contributed by atoms with Crippen molar-refractivity contribution in [3.05, 3.63) is 65.7 Å². The molecule has 1 N–H and O–H groups in total. The van der Waals surface area contributed by atoms with Crippen LogP contribution < -0.4 is 10.1 Å². The summed E-state index contributed by atoms with van der Waals surface area (Å²) in [7, 11) is 0. The summed E-state index contributed by atoms with van der Waals surface area (Å²) in [4.78, 5) is 39.8. The van der Waals surface area contributed by atoms with Gasteiger partial charge in [0, 0.05) is 13.1 Å². The Labute approximate surface area is 207 Å². The lowest BCUT2D eigenvalue weighted by Crippen LogP contribution is -2.60. The molecule has 1 fully saturated rings. The highest BCUT2D eigenvalue weighted by Gasteiger charge is 2.37. The molecule has 0 saturated carbocycles. The molecule has 7 nitrogen and oxygen atoms in total. The number of hydrogen-bond donors (Lipinski definition) is 1. The quantitative estimate of drug-likeness (QED) is 0.390. The summed E-state index contributed by atoms with van der Waals surface area (Å²) in [5.74, 6) is -0.204. The Morgan fingerprint density at radius 3 is 2.54 bits per heavy atom. The summed E-state index contributed by atoms with van der Waals surface area (Å²) in [6.07, 6.45) is 1.46. The maximum absolute atomic E-state index is 13.3. The Balaban J connectivity index is 1.57. The number of hydrogen-bond acceptors (Lipinski definition) is 5. The van der Waals surface area contributed by atoms with Crippen molar-refractivity contribution in [1.29, 1.82) is 0 Å². The highest BCUT2D eigenvalue weighted by atomic mass is 16.5. The Hall–Kier alpha value is -3.35. The summed E-state index contributed by atoms with van der Waals surface area (Å²) in [5.41, 5.74) is 2.22. The molecule has 0 radical (unpaired) electrons. The van der Waals surface area contributed by atoms with E-state index in [1.54, 1.807) is 6.92 Å². The second-order valence-electron chi connectivity index (χ2n) is 8.96. The van der Waals surface area contributed by atoms with Gasteiger partial charge in [-0.15, -0.1) is 0 Å². The predicted octanol–water partition coefficient (Wildman–Crippen LogP) is 3.86. The third-order valence-electron chi connectivity index (χ3n) is 6.40. The molecule has 188 valence electrons. The van der Waals surface area contributed by atoms with Crippen molar-refractivity contribution in [2.24, 2.45) is 0 Å². The van der Waals surface area contributed by atoms with Gasteiger partial charge in [-0.2, -0.15) is 0 Å². The van der Waals surface area contributed by atoms with Gasteiger partial charge in [-0.1, -0.05) is 62.4 Å². The summed E-state index contributed by atoms with van der Waals surface area (Å²) < 4.78 is 11.4. The van der Waals surface area contributed by atoms with Crippen molar-refractivity contribution >= 4 is 17.8 Å². The first kappa shape index (κ1) is 26.3. The fourth-order valence-corrected chi connectivity index (χ4v) is 4.19. The van der Waals surface area contributed by atoms with Gasteiger partial charge in [0.2, 0.25) is 5.91 Å². The molecule has 2 aromatic carbocycles. The number of esters is 1. The van der Waals surface area contributed by atoms with E-state index in [2.05, 4.69) is 19.2 Å². The van der Waals surface area contributed by atoms with Crippen molar-refractivity contribution in [1.82, 2.24) is 10.2 Å². The van der Waals surface area contributed by atoms with Gasteiger partial charge in [0.15, 0.2) is 6.10 Å². The van der Waals surface area contributed by atoms with Gasteiger partial charge in [0.05, 0.1) is 13.0 Å². The van der Waals surface area contributed by atoms with Gasteiger partial charge in [-0.05, 0) is 49.3 Å². The van der Waals surface area contributed by atoms with Crippen LogP contribution in [0.15, 0.2) is 54.6 Å². The third kappa shape index (κ3) is 7.31. The van der Waals surface area contributed by atoms with E-state index >= 15 is 0 Å². The highest BCUT2D eigenvalue weighted by Crippen LogP contribution is 2.29. The molecule has 35 heavy (non-hydrogen) atoms. The minimum Gasteiger partial charge on any atom is -0.481 e. The minimum absolute atomic E-state index is 0.181. The number of para-hydroxylation sites is 1. The summed E-state index contributed by atoms with van der Waals surface area (Å²) in [5, 5.41) is 2.75. The maximum atomic E-state index is 13.3. The van der Waals surface area contributed by atoms with E-state index in [1.807, 2.05) is 54.6 Å². The second kappa shape index (κ2) is 12.9. The zero-order valence-electron chi connectivity index (χ0n) is 20.9. The molecule has 2 amide bonds. The van der Waals surface area contributed by atoms with E-state index in [0.29, 0.717) is 31.2 Å². The molecular formula is C28H36N2O5. The monoisotopic (exact) mass is 480 g/mol. The highest BCUT2D eigenvalue weighted by molar-refractivity contribution is 5.93. The zero-order valence-corrected chi connectivity index (χ0v) is 20.9. The van der Waals surface area contributed by atoms with Gasteiger partial charge < -0.3 is 19.7 Å². The SMILES string of the molecule is CCC(C)c1ccccc1OC(C)C(=O)N1CCNC(=O)C1CC(=O)OCCCc1ccccc1. The number of ether oxygens (including phenoxy) is 2. The molecule has 0 bridgehead atoms. The second-order valence-corrected chi connectivity index (χ2v) is 8.96. The van der Waals surface area contributed by atoms with Gasteiger partial charge in [-0.25, -0.2) is 0 Å². The van der Waals surface area contributed by atoms with Crippen molar-refractivity contribution in [2.45, 2.75) is 64.5 Å². The lowest BCUT2D eigenvalue weighted by atomic mass is 9.98. The standard InChI is InChI=1S/C28H36N2O5/c1-4-20(2)23-14-8-9-15-25(23)35-21(3)28(33)30-17-16-29-27(32)24(30)19-26(31)34-18-10-13-22-11-6-5-7-12-22/h5-9,11-12,14-15,20-21,24H,4,10,13,16-19H2,1-3H3,(H,29,32). The van der Waals surface area contributed by atoms with Crippen LogP contribution >= 0.6 is 0 Å². The molecule has 1 aliphatic rings. The van der Waals surface area contributed by atoms with Crippen LogP contribution in [0.2, 0.25) is 0 Å².